The van der Waals surface area contributed by atoms with Crippen LogP contribution in [0, 0.1) is 0 Å². The van der Waals surface area contributed by atoms with Crippen LogP contribution >= 0.6 is 0 Å². The van der Waals surface area contributed by atoms with E-state index >= 15 is 0 Å². The second-order valence-electron chi connectivity index (χ2n) is 21.4. The number of unbranched alkanes of at least 4 members (excludes halogenated alkanes) is 43. The van der Waals surface area contributed by atoms with Crippen molar-refractivity contribution in [3.05, 3.63) is 36.5 Å². The lowest BCUT2D eigenvalue weighted by Crippen LogP contribution is -2.45. The third kappa shape index (κ3) is 55.4. The molecule has 0 aromatic carbocycles. The topological polar surface area (TPSA) is 95.9 Å². The van der Waals surface area contributed by atoms with E-state index in [9.17, 15) is 19.8 Å². The molecular formula is C64H121NO5. The van der Waals surface area contributed by atoms with E-state index in [2.05, 4.69) is 43.5 Å². The number of ether oxygens (including phenoxy) is 1. The van der Waals surface area contributed by atoms with Gasteiger partial charge in [0.1, 0.15) is 0 Å². The van der Waals surface area contributed by atoms with Gasteiger partial charge in [-0.1, -0.05) is 275 Å². The fourth-order valence-electron chi connectivity index (χ4n) is 9.57. The van der Waals surface area contributed by atoms with Crippen molar-refractivity contribution in [2.24, 2.45) is 0 Å². The van der Waals surface area contributed by atoms with Crippen LogP contribution in [0.3, 0.4) is 0 Å². The van der Waals surface area contributed by atoms with E-state index < -0.39 is 12.1 Å². The molecule has 0 aliphatic carbocycles. The average molecular weight is 985 g/mol. The molecule has 6 nitrogen and oxygen atoms in total. The summed E-state index contributed by atoms with van der Waals surface area (Å²) in [4.78, 5) is 24.5. The molecule has 412 valence electrons. The molecule has 0 aromatic heterocycles. The van der Waals surface area contributed by atoms with Crippen LogP contribution in [0.5, 0.6) is 0 Å². The predicted octanol–water partition coefficient (Wildman–Crippen LogP) is 19.6. The molecule has 6 heteroatoms. The first-order valence-corrected chi connectivity index (χ1v) is 31.3. The molecule has 0 aliphatic rings. The van der Waals surface area contributed by atoms with Gasteiger partial charge in [-0.25, -0.2) is 0 Å². The number of aliphatic hydroxyl groups excluding tert-OH is 2. The normalized spacial score (nSPS) is 12.8. The van der Waals surface area contributed by atoms with Gasteiger partial charge in [0.2, 0.25) is 5.91 Å². The summed E-state index contributed by atoms with van der Waals surface area (Å²) in [6.45, 7) is 4.90. The Balaban J connectivity index is 3.40. The summed E-state index contributed by atoms with van der Waals surface area (Å²) >= 11 is 0. The number of carbonyl (C=O) groups excluding carboxylic acids is 2. The van der Waals surface area contributed by atoms with Gasteiger partial charge in [-0.2, -0.15) is 0 Å². The average Bonchev–Trinajstić information content (AvgIpc) is 3.36. The van der Waals surface area contributed by atoms with Crippen LogP contribution in [0.2, 0.25) is 0 Å². The van der Waals surface area contributed by atoms with Gasteiger partial charge in [0.05, 0.1) is 25.4 Å². The molecule has 0 heterocycles. The second kappa shape index (κ2) is 59.6. The van der Waals surface area contributed by atoms with E-state index in [1.54, 1.807) is 6.08 Å². The summed E-state index contributed by atoms with van der Waals surface area (Å²) in [6.07, 6.45) is 74.7. The zero-order valence-corrected chi connectivity index (χ0v) is 47.0. The number of nitrogens with one attached hydrogen (secondary N) is 1. The van der Waals surface area contributed by atoms with Crippen LogP contribution in [0.1, 0.15) is 335 Å². The highest BCUT2D eigenvalue weighted by atomic mass is 16.5. The van der Waals surface area contributed by atoms with Crippen LogP contribution in [0.15, 0.2) is 36.5 Å². The van der Waals surface area contributed by atoms with Crippen LogP contribution in [0.4, 0.5) is 0 Å². The molecular weight excluding hydrogens is 863 g/mol. The van der Waals surface area contributed by atoms with Crippen LogP contribution < -0.4 is 5.32 Å². The van der Waals surface area contributed by atoms with Gasteiger partial charge < -0.3 is 20.3 Å². The summed E-state index contributed by atoms with van der Waals surface area (Å²) in [6, 6.07) is -0.630. The van der Waals surface area contributed by atoms with Crippen LogP contribution in [0.25, 0.3) is 0 Å². The van der Waals surface area contributed by atoms with Gasteiger partial charge in [-0.3, -0.25) is 9.59 Å². The first-order chi connectivity index (χ1) is 34.5. The molecule has 0 aliphatic heterocycles. The van der Waals surface area contributed by atoms with Crippen LogP contribution in [-0.2, 0) is 14.3 Å². The molecule has 1 amide bonds. The van der Waals surface area contributed by atoms with Gasteiger partial charge in [-0.15, -0.1) is 0 Å². The Kier molecular flexibility index (Phi) is 58.0. The summed E-state index contributed by atoms with van der Waals surface area (Å²) in [5, 5.41) is 23.0. The fraction of sp³-hybridized carbons (Fsp3) is 0.875. The molecule has 0 radical (unpaired) electrons. The lowest BCUT2D eigenvalue weighted by molar-refractivity contribution is -0.143. The number of rotatable bonds is 58. The zero-order chi connectivity index (χ0) is 50.7. The van der Waals surface area contributed by atoms with Crippen molar-refractivity contribution < 1.29 is 24.5 Å². The zero-order valence-electron chi connectivity index (χ0n) is 47.0. The van der Waals surface area contributed by atoms with Crippen molar-refractivity contribution in [1.29, 1.82) is 0 Å². The van der Waals surface area contributed by atoms with E-state index in [1.165, 1.54) is 263 Å². The molecule has 0 bridgehead atoms. The van der Waals surface area contributed by atoms with Gasteiger partial charge in [0, 0.05) is 12.8 Å². The molecule has 0 saturated heterocycles. The highest BCUT2D eigenvalue weighted by molar-refractivity contribution is 5.76. The molecule has 3 N–H and O–H groups in total. The SMILES string of the molecule is CCCCCCCC/C=C\CCCCCCCCCC(=O)OCCCCCCCCCCCCCC/C=C\CCCCCCCCCCC(=O)NC(CO)C(O)/C=C/CCCCCCCCCCCC. The lowest BCUT2D eigenvalue weighted by atomic mass is 10.0. The van der Waals surface area contributed by atoms with Gasteiger partial charge in [0.15, 0.2) is 0 Å². The lowest BCUT2D eigenvalue weighted by Gasteiger charge is -2.20. The third-order valence-corrected chi connectivity index (χ3v) is 14.4. The number of esters is 1. The molecule has 70 heavy (non-hydrogen) atoms. The highest BCUT2D eigenvalue weighted by Crippen LogP contribution is 2.17. The Morgan fingerprint density at radius 2 is 0.671 bits per heavy atom. The number of aliphatic hydroxyl groups is 2. The van der Waals surface area contributed by atoms with E-state index in [1.807, 2.05) is 6.08 Å². The second-order valence-corrected chi connectivity index (χ2v) is 21.4. The molecule has 0 spiro atoms. The minimum atomic E-state index is -0.846. The Labute approximate surface area is 436 Å². The molecule has 0 saturated carbocycles. The Morgan fingerprint density at radius 3 is 1.01 bits per heavy atom. The van der Waals surface area contributed by atoms with E-state index in [0.717, 1.165) is 44.9 Å². The predicted molar refractivity (Wildman–Crippen MR) is 306 cm³/mol. The Morgan fingerprint density at radius 1 is 0.386 bits per heavy atom. The first-order valence-electron chi connectivity index (χ1n) is 31.3. The van der Waals surface area contributed by atoms with Crippen molar-refractivity contribution in [1.82, 2.24) is 5.32 Å². The third-order valence-electron chi connectivity index (χ3n) is 14.4. The summed E-state index contributed by atoms with van der Waals surface area (Å²) in [5.41, 5.74) is 0. The van der Waals surface area contributed by atoms with Gasteiger partial charge in [-0.05, 0) is 83.5 Å². The largest absolute Gasteiger partial charge is 0.466 e. The molecule has 0 fully saturated rings. The Hall–Kier alpha value is -1.92. The molecule has 2 unspecified atom stereocenters. The molecule has 2 atom stereocenters. The number of hydrogen-bond acceptors (Lipinski definition) is 5. The quantitative estimate of drug-likeness (QED) is 0.0321. The maximum Gasteiger partial charge on any atom is 0.305 e. The van der Waals surface area contributed by atoms with Crippen molar-refractivity contribution >= 4 is 11.9 Å². The van der Waals surface area contributed by atoms with Gasteiger partial charge in [0.25, 0.3) is 0 Å². The summed E-state index contributed by atoms with van der Waals surface area (Å²) in [5.74, 6) is -0.0642. The van der Waals surface area contributed by atoms with E-state index in [4.69, 9.17) is 4.74 Å². The number of carbonyl (C=O) groups is 2. The van der Waals surface area contributed by atoms with Crippen molar-refractivity contribution in [2.75, 3.05) is 13.2 Å². The number of amides is 1. The van der Waals surface area contributed by atoms with Crippen molar-refractivity contribution in [3.8, 4) is 0 Å². The van der Waals surface area contributed by atoms with Crippen molar-refractivity contribution in [2.45, 2.75) is 347 Å². The Bertz CT molecular complexity index is 1130. The monoisotopic (exact) mass is 984 g/mol. The van der Waals surface area contributed by atoms with E-state index in [0.29, 0.717) is 19.4 Å². The molecule has 0 rings (SSSR count). The van der Waals surface area contributed by atoms with Gasteiger partial charge >= 0.3 is 5.97 Å². The maximum absolute atomic E-state index is 12.4. The number of allylic oxidation sites excluding steroid dienone is 5. The first kappa shape index (κ1) is 68.1. The minimum absolute atomic E-state index is 0.00865. The highest BCUT2D eigenvalue weighted by Gasteiger charge is 2.18. The smallest absolute Gasteiger partial charge is 0.305 e. The fourth-order valence-corrected chi connectivity index (χ4v) is 9.57. The summed E-state index contributed by atoms with van der Waals surface area (Å²) < 4.78 is 5.49. The van der Waals surface area contributed by atoms with Crippen molar-refractivity contribution in [3.63, 3.8) is 0 Å². The standard InChI is InChI=1S/C64H121NO5/c1-3-5-7-9-11-13-15-17-18-27-31-34-38-42-46-50-54-58-64(69)70-59-55-51-47-43-39-35-32-29-26-24-22-20-19-21-23-25-28-30-33-37-41-45-49-53-57-63(68)65-61(60-66)62(67)56-52-48-44-40-36-16-14-12-10-8-6-4-2/h17-18,21,23,52,56,61-62,66-67H,3-16,19-20,22,24-51,53-55,57-60H2,1-2H3,(H,65,68)/b18-17-,23-21-,56-52+. The number of hydrogen-bond donors (Lipinski definition) is 3. The maximum atomic E-state index is 12.4. The van der Waals surface area contributed by atoms with E-state index in [-0.39, 0.29) is 18.5 Å². The molecule has 0 aromatic rings. The summed E-state index contributed by atoms with van der Waals surface area (Å²) in [7, 11) is 0. The minimum Gasteiger partial charge on any atom is -0.466 e. The van der Waals surface area contributed by atoms with Crippen LogP contribution in [-0.4, -0.2) is 47.4 Å².